The minimum atomic E-state index is -0.808. The number of carbonyl (C=O) groups is 2. The van der Waals surface area contributed by atoms with Gasteiger partial charge in [0.1, 0.15) is 0 Å². The van der Waals surface area contributed by atoms with Crippen LogP contribution in [0.5, 0.6) is 0 Å². The lowest BCUT2D eigenvalue weighted by Gasteiger charge is -2.42. The maximum Gasteiger partial charge on any atom is 0.307 e. The largest absolute Gasteiger partial charge is 0.481 e. The fraction of sp³-hybridized carbons (Fsp3) is 0.750. The van der Waals surface area contributed by atoms with E-state index in [9.17, 15) is 14.7 Å². The van der Waals surface area contributed by atoms with Gasteiger partial charge in [-0.3, -0.25) is 9.59 Å². The quantitative estimate of drug-likeness (QED) is 0.788. The molecule has 0 spiro atoms. The third-order valence-corrected chi connectivity index (χ3v) is 5.48. The van der Waals surface area contributed by atoms with Crippen LogP contribution >= 0.6 is 0 Å². The van der Waals surface area contributed by atoms with Crippen molar-refractivity contribution in [2.75, 3.05) is 0 Å². The molecule has 2 fully saturated rings. The predicted molar refractivity (Wildman–Crippen MR) is 75.0 cm³/mol. The number of aliphatic carboxylic acids is 1. The summed E-state index contributed by atoms with van der Waals surface area (Å²) in [6.45, 7) is 4.18. The molecule has 0 aromatic rings. The highest BCUT2D eigenvalue weighted by Crippen LogP contribution is 2.49. The number of hydrogen-bond acceptors (Lipinski definition) is 2. The average molecular weight is 277 g/mol. The molecule has 1 aliphatic heterocycles. The van der Waals surface area contributed by atoms with Crippen LogP contribution < -0.4 is 0 Å². The second-order valence-corrected chi connectivity index (χ2v) is 6.71. The first-order chi connectivity index (χ1) is 9.50. The number of rotatable bonds is 2. The van der Waals surface area contributed by atoms with Gasteiger partial charge in [-0.25, -0.2) is 0 Å². The summed E-state index contributed by atoms with van der Waals surface area (Å²) in [5, 5.41) is 9.48. The molecule has 0 aromatic heterocycles. The Balaban J connectivity index is 1.86. The Kier molecular flexibility index (Phi) is 3.35. The fourth-order valence-corrected chi connectivity index (χ4v) is 4.52. The molecule has 0 aromatic carbocycles. The lowest BCUT2D eigenvalue weighted by Crippen LogP contribution is -2.52. The fourth-order valence-electron chi connectivity index (χ4n) is 4.52. The van der Waals surface area contributed by atoms with Crippen molar-refractivity contribution in [3.8, 4) is 0 Å². The monoisotopic (exact) mass is 277 g/mol. The number of amides is 1. The van der Waals surface area contributed by atoms with Crippen molar-refractivity contribution in [3.05, 3.63) is 12.2 Å². The molecule has 20 heavy (non-hydrogen) atoms. The second kappa shape index (κ2) is 4.90. The van der Waals surface area contributed by atoms with Gasteiger partial charge < -0.3 is 10.0 Å². The van der Waals surface area contributed by atoms with Crippen LogP contribution in [-0.4, -0.2) is 34.0 Å². The zero-order chi connectivity index (χ0) is 14.4. The lowest BCUT2D eigenvalue weighted by molar-refractivity contribution is -0.154. The summed E-state index contributed by atoms with van der Waals surface area (Å²) in [6, 6.07) is 0.479. The predicted octanol–water partition coefficient (Wildman–Crippen LogP) is 2.30. The molecule has 4 heteroatoms. The lowest BCUT2D eigenvalue weighted by atomic mass is 9.81. The summed E-state index contributed by atoms with van der Waals surface area (Å²) in [6.07, 6.45) is 8.12. The number of piperidine rings is 1. The molecule has 4 nitrogen and oxygen atoms in total. The van der Waals surface area contributed by atoms with E-state index in [0.717, 1.165) is 25.7 Å². The van der Waals surface area contributed by atoms with Crippen LogP contribution in [0.25, 0.3) is 0 Å². The minimum Gasteiger partial charge on any atom is -0.481 e. The molecule has 0 unspecified atom stereocenters. The van der Waals surface area contributed by atoms with Crippen LogP contribution in [0.3, 0.4) is 0 Å². The van der Waals surface area contributed by atoms with Crippen molar-refractivity contribution < 1.29 is 14.7 Å². The van der Waals surface area contributed by atoms with E-state index >= 15 is 0 Å². The van der Waals surface area contributed by atoms with Gasteiger partial charge in [0.25, 0.3) is 0 Å². The smallest absolute Gasteiger partial charge is 0.307 e. The SMILES string of the molecule is C[C@@H]1CCC[C@H](C)N1C(=O)[C@@H]1[C@H](C(=O)O)[C@H]2C=C[C@H]1C2. The molecular weight excluding hydrogens is 254 g/mol. The highest BCUT2D eigenvalue weighted by molar-refractivity contribution is 5.87. The maximum absolute atomic E-state index is 13.0. The van der Waals surface area contributed by atoms with Crippen molar-refractivity contribution in [2.45, 2.75) is 51.6 Å². The number of likely N-dealkylation sites (tertiary alicyclic amines) is 1. The second-order valence-electron chi connectivity index (χ2n) is 6.71. The Bertz CT molecular complexity index is 449. The average Bonchev–Trinajstić information content (AvgIpc) is 2.98. The van der Waals surface area contributed by atoms with Gasteiger partial charge in [-0.05, 0) is 51.4 Å². The van der Waals surface area contributed by atoms with E-state index in [4.69, 9.17) is 0 Å². The van der Waals surface area contributed by atoms with Crippen LogP contribution in [0, 0.1) is 23.7 Å². The zero-order valence-electron chi connectivity index (χ0n) is 12.2. The summed E-state index contributed by atoms with van der Waals surface area (Å²) in [5.74, 6) is -1.40. The molecule has 1 heterocycles. The molecule has 0 radical (unpaired) electrons. The van der Waals surface area contributed by atoms with Crippen molar-refractivity contribution in [3.63, 3.8) is 0 Å². The number of nitrogens with zero attached hydrogens (tertiary/aromatic N) is 1. The summed E-state index contributed by atoms with van der Waals surface area (Å²) >= 11 is 0. The topological polar surface area (TPSA) is 57.6 Å². The van der Waals surface area contributed by atoms with E-state index in [1.54, 1.807) is 0 Å². The number of hydrogen-bond donors (Lipinski definition) is 1. The molecule has 3 aliphatic rings. The molecule has 2 aliphatic carbocycles. The summed E-state index contributed by atoms with van der Waals surface area (Å²) in [4.78, 5) is 26.5. The van der Waals surface area contributed by atoms with E-state index in [1.807, 2.05) is 11.0 Å². The molecular formula is C16H23NO3. The van der Waals surface area contributed by atoms with E-state index in [2.05, 4.69) is 19.9 Å². The highest BCUT2D eigenvalue weighted by atomic mass is 16.4. The van der Waals surface area contributed by atoms with Crippen molar-refractivity contribution >= 4 is 11.9 Å². The van der Waals surface area contributed by atoms with Gasteiger partial charge in [-0.2, -0.15) is 0 Å². The number of allylic oxidation sites excluding steroid dienone is 2. The Morgan fingerprint density at radius 2 is 1.60 bits per heavy atom. The first-order valence-electron chi connectivity index (χ1n) is 7.74. The summed E-state index contributed by atoms with van der Waals surface area (Å²) in [5.41, 5.74) is 0. The van der Waals surface area contributed by atoms with E-state index in [1.165, 1.54) is 0 Å². The standard InChI is InChI=1S/C16H23NO3/c1-9-4-3-5-10(2)17(9)15(18)13-11-6-7-12(8-11)14(13)16(19)20/h6-7,9-14H,3-5,8H2,1-2H3,(H,19,20)/t9-,10+,11-,12-,13-,14+/m0/s1. The van der Waals surface area contributed by atoms with Gasteiger partial charge in [-0.1, -0.05) is 12.2 Å². The molecule has 6 atom stereocenters. The van der Waals surface area contributed by atoms with Gasteiger partial charge in [0.15, 0.2) is 0 Å². The Labute approximate surface area is 119 Å². The van der Waals surface area contributed by atoms with Crippen LogP contribution in [0.2, 0.25) is 0 Å². The minimum absolute atomic E-state index is 0.0573. The van der Waals surface area contributed by atoms with Crippen LogP contribution in [0.1, 0.15) is 39.5 Å². The first-order valence-corrected chi connectivity index (χ1v) is 7.74. The maximum atomic E-state index is 13.0. The Morgan fingerprint density at radius 1 is 1.05 bits per heavy atom. The van der Waals surface area contributed by atoms with Gasteiger partial charge in [-0.15, -0.1) is 0 Å². The van der Waals surface area contributed by atoms with Crippen molar-refractivity contribution in [2.24, 2.45) is 23.7 Å². The van der Waals surface area contributed by atoms with Crippen LogP contribution in [0.15, 0.2) is 12.2 Å². The summed E-state index contributed by atoms with van der Waals surface area (Å²) in [7, 11) is 0. The number of carboxylic acid groups (broad SMARTS) is 1. The van der Waals surface area contributed by atoms with Crippen molar-refractivity contribution in [1.29, 1.82) is 0 Å². The van der Waals surface area contributed by atoms with E-state index in [0.29, 0.717) is 0 Å². The van der Waals surface area contributed by atoms with Gasteiger partial charge >= 0.3 is 5.97 Å². The van der Waals surface area contributed by atoms with Crippen LogP contribution in [0.4, 0.5) is 0 Å². The number of carboxylic acids is 1. The molecule has 1 N–H and O–H groups in total. The summed E-state index contributed by atoms with van der Waals surface area (Å²) < 4.78 is 0. The first kappa shape index (κ1) is 13.7. The molecule has 2 bridgehead atoms. The van der Waals surface area contributed by atoms with Gasteiger partial charge in [0.05, 0.1) is 11.8 Å². The van der Waals surface area contributed by atoms with E-state index < -0.39 is 11.9 Å². The third kappa shape index (κ3) is 1.97. The van der Waals surface area contributed by atoms with E-state index in [-0.39, 0.29) is 35.7 Å². The number of carbonyl (C=O) groups excluding carboxylic acids is 1. The molecule has 110 valence electrons. The van der Waals surface area contributed by atoms with Gasteiger partial charge in [0.2, 0.25) is 5.91 Å². The van der Waals surface area contributed by atoms with Gasteiger partial charge in [0, 0.05) is 12.1 Å². The highest BCUT2D eigenvalue weighted by Gasteiger charge is 2.53. The van der Waals surface area contributed by atoms with Crippen LogP contribution in [-0.2, 0) is 9.59 Å². The third-order valence-electron chi connectivity index (χ3n) is 5.48. The molecule has 1 saturated heterocycles. The molecule has 1 amide bonds. The Morgan fingerprint density at radius 3 is 2.15 bits per heavy atom. The normalized spacial score (nSPS) is 43.0. The molecule has 1 saturated carbocycles. The molecule has 3 rings (SSSR count). The Hall–Kier alpha value is -1.32. The number of fused-ring (bicyclic) bond motifs is 2. The zero-order valence-corrected chi connectivity index (χ0v) is 12.2. The van der Waals surface area contributed by atoms with Crippen molar-refractivity contribution in [1.82, 2.24) is 4.90 Å².